The molecule has 1 N–H and O–H groups in total. The molecule has 0 fully saturated rings. The molecule has 4 rings (SSSR count). The fraction of sp³-hybridized carbons (Fsp3) is 0.333. The molecule has 0 saturated heterocycles. The maximum absolute atomic E-state index is 13.4. The minimum absolute atomic E-state index is 0.0139. The molecule has 0 unspecified atom stereocenters. The molecule has 1 aromatic heterocycles. The van der Waals surface area contributed by atoms with E-state index >= 15 is 0 Å². The van der Waals surface area contributed by atoms with Crippen LogP contribution in [0.1, 0.15) is 50.3 Å². The number of aliphatic hydroxyl groups excluding tert-OH is 1. The Morgan fingerprint density at radius 2 is 2.00 bits per heavy atom. The van der Waals surface area contributed by atoms with Gasteiger partial charge in [-0.15, -0.1) is 0 Å². The second-order valence-electron chi connectivity index (χ2n) is 8.27. The van der Waals surface area contributed by atoms with Crippen molar-refractivity contribution in [1.29, 1.82) is 0 Å². The molecular formula is C24H21ClF3NO3. The molecule has 0 aliphatic heterocycles. The maximum atomic E-state index is 13.4. The van der Waals surface area contributed by atoms with E-state index in [1.807, 2.05) is 20.8 Å². The highest BCUT2D eigenvalue weighted by atomic mass is 35.5. The minimum atomic E-state index is -4.57. The number of Topliss-reactive ketones (excluding diaryl/α,β-unsaturated/α-hetero) is 1. The highest BCUT2D eigenvalue weighted by molar-refractivity contribution is 6.32. The lowest BCUT2D eigenvalue weighted by Crippen LogP contribution is -2.30. The van der Waals surface area contributed by atoms with Crippen molar-refractivity contribution in [1.82, 2.24) is 4.98 Å². The van der Waals surface area contributed by atoms with Crippen molar-refractivity contribution in [3.63, 3.8) is 0 Å². The van der Waals surface area contributed by atoms with E-state index in [1.54, 1.807) is 18.2 Å². The number of rotatable bonds is 4. The van der Waals surface area contributed by atoms with Crippen LogP contribution < -0.4 is 4.74 Å². The number of hydrogen-bond donors (Lipinski definition) is 1. The first-order valence-electron chi connectivity index (χ1n) is 10.2. The summed E-state index contributed by atoms with van der Waals surface area (Å²) in [6.45, 7) is 5.70. The number of ether oxygens (including phenoxy) is 1. The smallest absolute Gasteiger partial charge is 0.417 e. The van der Waals surface area contributed by atoms with Crippen molar-refractivity contribution < 1.29 is 27.8 Å². The lowest BCUT2D eigenvalue weighted by atomic mass is 9.72. The van der Waals surface area contributed by atoms with Gasteiger partial charge in [0.1, 0.15) is 16.5 Å². The molecule has 2 aromatic rings. The van der Waals surface area contributed by atoms with Crippen LogP contribution in [0.2, 0.25) is 5.02 Å². The van der Waals surface area contributed by atoms with Gasteiger partial charge in [-0.2, -0.15) is 13.2 Å². The molecule has 1 heterocycles. The number of benzene rings is 1. The second-order valence-corrected chi connectivity index (χ2v) is 8.68. The highest BCUT2D eigenvalue weighted by Gasteiger charge is 2.48. The number of aliphatic hydroxyl groups is 1. The Labute approximate surface area is 188 Å². The predicted molar refractivity (Wildman–Crippen MR) is 115 cm³/mol. The van der Waals surface area contributed by atoms with E-state index in [0.29, 0.717) is 31.0 Å². The second kappa shape index (κ2) is 7.66. The Kier molecular flexibility index (Phi) is 5.36. The van der Waals surface area contributed by atoms with Crippen molar-refractivity contribution in [3.8, 4) is 11.6 Å². The van der Waals surface area contributed by atoms with Crippen LogP contribution in [-0.2, 0) is 17.4 Å². The topological polar surface area (TPSA) is 59.4 Å². The van der Waals surface area contributed by atoms with Gasteiger partial charge in [-0.25, -0.2) is 4.98 Å². The molecule has 2 aliphatic rings. The van der Waals surface area contributed by atoms with Crippen LogP contribution in [0.3, 0.4) is 0 Å². The lowest BCUT2D eigenvalue weighted by molar-refractivity contribution is -0.137. The number of hydrogen-bond acceptors (Lipinski definition) is 4. The summed E-state index contributed by atoms with van der Waals surface area (Å²) < 4.78 is 44.3. The van der Waals surface area contributed by atoms with Crippen molar-refractivity contribution in [2.75, 3.05) is 0 Å². The Hall–Kier alpha value is -2.80. The SMILES string of the molecule is CCc1ccc(Oc2ncc(C(F)(F)F)cc2Cl)cc1C1=C(O)C2=C(C)[C@](C)(CC2)C1=O. The van der Waals surface area contributed by atoms with Gasteiger partial charge in [0.2, 0.25) is 5.88 Å². The first kappa shape index (κ1) is 22.4. The third kappa shape index (κ3) is 3.48. The molecule has 1 aromatic carbocycles. The number of ketones is 1. The molecule has 0 radical (unpaired) electrons. The van der Waals surface area contributed by atoms with Crippen LogP contribution in [0.25, 0.3) is 5.57 Å². The van der Waals surface area contributed by atoms with Crippen LogP contribution in [0.4, 0.5) is 13.2 Å². The average molecular weight is 464 g/mol. The number of halogens is 4. The number of nitrogens with zero attached hydrogens (tertiary/aromatic N) is 1. The molecular weight excluding hydrogens is 443 g/mol. The van der Waals surface area contributed by atoms with Gasteiger partial charge >= 0.3 is 6.18 Å². The normalized spacial score (nSPS) is 20.9. The fourth-order valence-corrected chi connectivity index (χ4v) is 4.58. The Bertz CT molecular complexity index is 1200. The Balaban J connectivity index is 1.76. The van der Waals surface area contributed by atoms with E-state index in [9.17, 15) is 23.1 Å². The maximum Gasteiger partial charge on any atom is 0.417 e. The summed E-state index contributed by atoms with van der Waals surface area (Å²) in [6, 6.07) is 5.74. The third-order valence-electron chi connectivity index (χ3n) is 6.49. The quantitative estimate of drug-likeness (QED) is 0.526. The van der Waals surface area contributed by atoms with Gasteiger partial charge in [-0.3, -0.25) is 4.79 Å². The van der Waals surface area contributed by atoms with Gasteiger partial charge in [-0.1, -0.05) is 30.2 Å². The lowest BCUT2D eigenvalue weighted by Gasteiger charge is -2.30. The largest absolute Gasteiger partial charge is 0.507 e. The van der Waals surface area contributed by atoms with E-state index in [0.717, 1.165) is 22.8 Å². The van der Waals surface area contributed by atoms with Crippen LogP contribution in [0, 0.1) is 5.41 Å². The first-order valence-corrected chi connectivity index (χ1v) is 10.6. The summed E-state index contributed by atoms with van der Waals surface area (Å²) >= 11 is 5.96. The Morgan fingerprint density at radius 1 is 1.28 bits per heavy atom. The Morgan fingerprint density at radius 3 is 2.62 bits per heavy atom. The van der Waals surface area contributed by atoms with Crippen LogP contribution in [0.15, 0.2) is 47.4 Å². The molecule has 0 spiro atoms. The average Bonchev–Trinajstić information content (AvgIpc) is 2.99. The van der Waals surface area contributed by atoms with E-state index in [1.165, 1.54) is 0 Å². The van der Waals surface area contributed by atoms with E-state index in [4.69, 9.17) is 16.3 Å². The summed E-state index contributed by atoms with van der Waals surface area (Å²) in [4.78, 5) is 17.1. The van der Waals surface area contributed by atoms with Crippen molar-refractivity contribution in [2.45, 2.75) is 46.2 Å². The van der Waals surface area contributed by atoms with Gasteiger partial charge in [0.05, 0.1) is 16.6 Å². The third-order valence-corrected chi connectivity index (χ3v) is 6.76. The molecule has 1 atom stereocenters. The molecule has 8 heteroatoms. The summed E-state index contributed by atoms with van der Waals surface area (Å²) in [5.41, 5.74) is 1.68. The number of pyridine rings is 1. The van der Waals surface area contributed by atoms with Crippen molar-refractivity contribution >= 4 is 23.0 Å². The zero-order valence-electron chi connectivity index (χ0n) is 17.7. The van der Waals surface area contributed by atoms with Gasteiger partial charge in [0.15, 0.2) is 5.78 Å². The summed E-state index contributed by atoms with van der Waals surface area (Å²) in [5, 5.41) is 10.6. The number of aryl methyl sites for hydroxylation is 1. The highest BCUT2D eigenvalue weighted by Crippen LogP contribution is 2.53. The molecule has 168 valence electrons. The van der Waals surface area contributed by atoms with Gasteiger partial charge < -0.3 is 9.84 Å². The molecule has 0 saturated carbocycles. The number of allylic oxidation sites excluding steroid dienone is 3. The number of alkyl halides is 3. The van der Waals surface area contributed by atoms with Crippen molar-refractivity contribution in [3.05, 3.63) is 69.1 Å². The monoisotopic (exact) mass is 463 g/mol. The molecule has 2 aliphatic carbocycles. The summed E-state index contributed by atoms with van der Waals surface area (Å²) in [5.74, 6) is -0.104. The minimum Gasteiger partial charge on any atom is -0.507 e. The zero-order chi connectivity index (χ0) is 23.4. The van der Waals surface area contributed by atoms with E-state index in [-0.39, 0.29) is 33.8 Å². The zero-order valence-corrected chi connectivity index (χ0v) is 18.5. The van der Waals surface area contributed by atoms with Crippen LogP contribution in [-0.4, -0.2) is 15.9 Å². The number of carbonyl (C=O) groups is 1. The van der Waals surface area contributed by atoms with Gasteiger partial charge in [-0.05, 0) is 68.0 Å². The van der Waals surface area contributed by atoms with Crippen LogP contribution in [0.5, 0.6) is 11.6 Å². The predicted octanol–water partition coefficient (Wildman–Crippen LogP) is 7.08. The van der Waals surface area contributed by atoms with Gasteiger partial charge in [0, 0.05) is 6.20 Å². The van der Waals surface area contributed by atoms with E-state index < -0.39 is 17.2 Å². The van der Waals surface area contributed by atoms with Crippen LogP contribution >= 0.6 is 11.6 Å². The standard InChI is InChI=1S/C24H21ClF3NO3/c1-4-13-5-6-15(32-22-18(25)9-14(11-29-22)24(26,27)28)10-17(13)19-20(30)16-7-8-23(3,12(16)2)21(19)31/h5-6,9-11,30H,4,7-8H2,1-3H3/t23-/m0/s1. The molecule has 32 heavy (non-hydrogen) atoms. The van der Waals surface area contributed by atoms with E-state index in [2.05, 4.69) is 4.98 Å². The first-order chi connectivity index (χ1) is 15.0. The summed E-state index contributed by atoms with van der Waals surface area (Å²) in [6.07, 6.45) is -2.04. The molecule has 4 nitrogen and oxygen atoms in total. The molecule has 0 amide bonds. The van der Waals surface area contributed by atoms with Gasteiger partial charge in [0.25, 0.3) is 0 Å². The van der Waals surface area contributed by atoms with Crippen molar-refractivity contribution in [2.24, 2.45) is 5.41 Å². The number of fused-ring (bicyclic) bond motifs is 1. The summed E-state index contributed by atoms with van der Waals surface area (Å²) in [7, 11) is 0. The fourth-order valence-electron chi connectivity index (χ4n) is 4.37. The number of carbonyl (C=O) groups excluding carboxylic acids is 1. The number of aromatic nitrogens is 1. The molecule has 2 bridgehead atoms.